The highest BCUT2D eigenvalue weighted by molar-refractivity contribution is 5.83. The number of rotatable bonds is 12. The number of hydrogen-bond acceptors (Lipinski definition) is 10. The van der Waals surface area contributed by atoms with Crippen molar-refractivity contribution in [3.05, 3.63) is 47.6 Å². The minimum Gasteiger partial charge on any atom is -0.487 e. The summed E-state index contributed by atoms with van der Waals surface area (Å²) in [6, 6.07) is 8.46. The smallest absolute Gasteiger partial charge is 0.227 e. The fourth-order valence-electron chi connectivity index (χ4n) is 5.27. The van der Waals surface area contributed by atoms with Crippen LogP contribution < -0.4 is 21.5 Å². The van der Waals surface area contributed by atoms with Crippen molar-refractivity contribution >= 4 is 24.8 Å². The van der Waals surface area contributed by atoms with Gasteiger partial charge in [0.1, 0.15) is 24.3 Å². The molecule has 5 N–H and O–H groups in total. The molecule has 1 saturated carbocycles. The summed E-state index contributed by atoms with van der Waals surface area (Å²) in [7, 11) is 0. The molecule has 0 bridgehead atoms. The molecule has 2 heterocycles. The average Bonchev–Trinajstić information content (AvgIpc) is 3.05. The van der Waals surface area contributed by atoms with Crippen molar-refractivity contribution in [1.82, 2.24) is 14.9 Å². The predicted molar refractivity (Wildman–Crippen MR) is 175 cm³/mol. The minimum absolute atomic E-state index is 0.124. The van der Waals surface area contributed by atoms with E-state index in [2.05, 4.69) is 36.2 Å². The predicted octanol–water partition coefficient (Wildman–Crippen LogP) is 3.75. The van der Waals surface area contributed by atoms with Gasteiger partial charge in [-0.3, -0.25) is 14.9 Å². The van der Waals surface area contributed by atoms with Crippen LogP contribution in [0.15, 0.2) is 57.0 Å². The first-order valence-corrected chi connectivity index (χ1v) is 15.2. The van der Waals surface area contributed by atoms with E-state index in [1.54, 1.807) is 18.5 Å². The molecule has 12 heteroatoms. The summed E-state index contributed by atoms with van der Waals surface area (Å²) in [4.78, 5) is 24.5. The second kappa shape index (κ2) is 16.5. The molecule has 1 aromatic carbocycles. The Morgan fingerprint density at radius 1 is 1.16 bits per heavy atom. The summed E-state index contributed by atoms with van der Waals surface area (Å²) >= 11 is 0. The van der Waals surface area contributed by atoms with Gasteiger partial charge in [0.15, 0.2) is 0 Å². The molecule has 0 unspecified atom stereocenters. The topological polar surface area (TPSA) is 172 Å². The lowest BCUT2D eigenvalue weighted by molar-refractivity contribution is 0.00756. The maximum Gasteiger partial charge on any atom is 0.227 e. The fraction of sp³-hybridized carbons (Fsp3) is 0.500. The zero-order valence-electron chi connectivity index (χ0n) is 25.9. The highest BCUT2D eigenvalue weighted by Crippen LogP contribution is 2.28. The average molecular weight is 601 g/mol. The van der Waals surface area contributed by atoms with E-state index >= 15 is 0 Å². The number of allylic oxidation sites excluding steroid dienone is 2. The molecule has 234 valence electrons. The van der Waals surface area contributed by atoms with Crippen LogP contribution in [0.5, 0.6) is 5.75 Å². The van der Waals surface area contributed by atoms with Gasteiger partial charge in [-0.05, 0) is 56.2 Å². The molecule has 1 atom stereocenters. The maximum atomic E-state index is 9.58. The quantitative estimate of drug-likeness (QED) is 0.242. The van der Waals surface area contributed by atoms with Gasteiger partial charge in [0, 0.05) is 49.0 Å². The second-order valence-corrected chi connectivity index (χ2v) is 11.4. The number of ether oxygens (including phenoxy) is 2. The highest BCUT2D eigenvalue weighted by Gasteiger charge is 2.26. The minimum atomic E-state index is -0.275. The maximum absolute atomic E-state index is 9.58. The van der Waals surface area contributed by atoms with Crippen LogP contribution in [0.3, 0.4) is 0 Å². The third-order valence-corrected chi connectivity index (χ3v) is 7.83. The molecule has 1 saturated heterocycles. The second-order valence-electron chi connectivity index (χ2n) is 11.4. The number of anilines is 1. The van der Waals surface area contributed by atoms with Gasteiger partial charge < -0.3 is 26.3 Å². The molecule has 0 radical (unpaired) electrons. The fourth-order valence-corrected chi connectivity index (χ4v) is 5.27. The van der Waals surface area contributed by atoms with Crippen LogP contribution >= 0.6 is 0 Å². The van der Waals surface area contributed by atoms with Crippen LogP contribution in [0.1, 0.15) is 52.0 Å². The zero-order valence-corrected chi connectivity index (χ0v) is 25.9. The van der Waals surface area contributed by atoms with E-state index in [1.807, 2.05) is 39.1 Å². The van der Waals surface area contributed by atoms with Gasteiger partial charge in [0.2, 0.25) is 5.95 Å². The number of aliphatic imine (C=N–C) groups is 3. The monoisotopic (exact) mass is 600 g/mol. The molecule has 12 nitrogen and oxygen atoms in total. The lowest BCUT2D eigenvalue weighted by Crippen LogP contribution is -2.45. The Morgan fingerprint density at radius 3 is 2.55 bits per heavy atom. The van der Waals surface area contributed by atoms with Gasteiger partial charge in [-0.25, -0.2) is 15.0 Å². The molecule has 2 aliphatic rings. The van der Waals surface area contributed by atoms with E-state index in [9.17, 15) is 5.26 Å². The highest BCUT2D eigenvalue weighted by atomic mass is 16.5. The molecule has 44 heavy (non-hydrogen) atoms. The van der Waals surface area contributed by atoms with Crippen LogP contribution in [0.4, 0.5) is 5.95 Å². The van der Waals surface area contributed by atoms with Crippen molar-refractivity contribution in [2.75, 3.05) is 38.2 Å². The van der Waals surface area contributed by atoms with Crippen LogP contribution in [0.2, 0.25) is 0 Å². The summed E-state index contributed by atoms with van der Waals surface area (Å²) in [5.41, 5.74) is 15.1. The molecule has 0 spiro atoms. The zero-order chi connectivity index (χ0) is 31.3. The van der Waals surface area contributed by atoms with Crippen LogP contribution in [-0.2, 0) is 4.74 Å². The first-order valence-electron chi connectivity index (χ1n) is 15.2. The van der Waals surface area contributed by atoms with Gasteiger partial charge in [-0.2, -0.15) is 5.26 Å². The molecular formula is C32H44N10O2. The molecule has 0 amide bonds. The van der Waals surface area contributed by atoms with Crippen molar-refractivity contribution < 1.29 is 9.47 Å². The lowest BCUT2D eigenvalue weighted by atomic mass is 9.90. The van der Waals surface area contributed by atoms with Gasteiger partial charge in [0.05, 0.1) is 43.4 Å². The summed E-state index contributed by atoms with van der Waals surface area (Å²) < 4.78 is 11.5. The van der Waals surface area contributed by atoms with Crippen molar-refractivity contribution in [1.29, 1.82) is 5.26 Å². The van der Waals surface area contributed by atoms with Crippen LogP contribution in [0, 0.1) is 17.2 Å². The number of nitriles is 1. The number of hydrogen-bond donors (Lipinski definition) is 3. The summed E-state index contributed by atoms with van der Waals surface area (Å²) in [6.07, 6.45) is 12.0. The number of nitrogens with zero attached hydrogens (tertiary/aromatic N) is 7. The lowest BCUT2D eigenvalue weighted by Gasteiger charge is -2.38. The Bertz CT molecular complexity index is 1370. The van der Waals surface area contributed by atoms with Gasteiger partial charge in [0.25, 0.3) is 0 Å². The van der Waals surface area contributed by atoms with E-state index in [1.165, 1.54) is 6.34 Å². The van der Waals surface area contributed by atoms with E-state index in [4.69, 9.17) is 25.9 Å². The van der Waals surface area contributed by atoms with Crippen molar-refractivity contribution in [3.63, 3.8) is 0 Å². The first-order chi connectivity index (χ1) is 21.4. The molecule has 1 aromatic heterocycles. The van der Waals surface area contributed by atoms with Gasteiger partial charge >= 0.3 is 0 Å². The molecule has 2 aromatic rings. The normalized spacial score (nSPS) is 21.1. The molecular weight excluding hydrogens is 556 g/mol. The Morgan fingerprint density at radius 2 is 1.89 bits per heavy atom. The van der Waals surface area contributed by atoms with Crippen molar-refractivity contribution in [2.45, 2.75) is 64.6 Å². The van der Waals surface area contributed by atoms with Crippen LogP contribution in [0.25, 0.3) is 11.1 Å². The largest absolute Gasteiger partial charge is 0.487 e. The Labute approximate surface area is 260 Å². The summed E-state index contributed by atoms with van der Waals surface area (Å²) in [6.45, 7) is 10.1. The van der Waals surface area contributed by atoms with Crippen molar-refractivity contribution in [2.24, 2.45) is 32.4 Å². The Balaban J connectivity index is 1.41. The summed E-state index contributed by atoms with van der Waals surface area (Å²) in [5, 5.41) is 12.9. The third kappa shape index (κ3) is 9.33. The summed E-state index contributed by atoms with van der Waals surface area (Å²) in [5.74, 6) is 1.01. The SMILES string of the molecule is CC(C)/C(N)=C(/C=NC1CCC(N2CCOCC2)CC1)Nc1ncc(-c2ccc(C#N)c(O[C@@H](C)CN=CN=CN)c2)cn1. The van der Waals surface area contributed by atoms with E-state index in [0.717, 1.165) is 69.5 Å². The Kier molecular flexibility index (Phi) is 12.2. The third-order valence-electron chi connectivity index (χ3n) is 7.83. The van der Waals surface area contributed by atoms with E-state index < -0.39 is 0 Å². The van der Waals surface area contributed by atoms with Gasteiger partial charge in [-0.15, -0.1) is 0 Å². The number of morpholine rings is 1. The number of aromatic nitrogens is 2. The number of nitrogens with one attached hydrogen (secondary N) is 1. The van der Waals surface area contributed by atoms with E-state index in [0.29, 0.717) is 41.2 Å². The first kappa shape index (κ1) is 32.6. The molecule has 1 aliphatic heterocycles. The molecule has 4 rings (SSSR count). The Hall–Kier alpha value is -4.34. The number of nitrogens with two attached hydrogens (primary N) is 2. The van der Waals surface area contributed by atoms with Crippen molar-refractivity contribution in [3.8, 4) is 22.9 Å². The molecule has 2 fully saturated rings. The van der Waals surface area contributed by atoms with Gasteiger partial charge in [-0.1, -0.05) is 19.9 Å². The van der Waals surface area contributed by atoms with E-state index in [-0.39, 0.29) is 18.1 Å². The van der Waals surface area contributed by atoms with Crippen LogP contribution in [-0.4, -0.2) is 84.8 Å². The molecule has 1 aliphatic carbocycles. The standard InChI is InChI=1S/C32H44N10O2/c1-22(2)31(35)29(19-38-27-6-8-28(9-7-27)42-10-12-43-13-11-42)41-32-39-17-26(18-40-32)24-4-5-25(15-33)30(14-24)44-23(3)16-36-21-37-20-34/h4-5,14,17-23,27-28H,6-13,16,35H2,1-3H3,(H2,34,36,37)(H,39,40,41)/b31-29+,38-19?/t23-,27?,28?/m0/s1. The number of benzene rings is 1.